The Balaban J connectivity index is 1.62. The Morgan fingerprint density at radius 3 is 2.16 bits per heavy atom. The second-order valence-corrected chi connectivity index (χ2v) is 8.12. The summed E-state index contributed by atoms with van der Waals surface area (Å²) in [5.74, 6) is -0.855. The minimum atomic E-state index is -0.959. The number of methoxy groups -OCH3 is 2. The van der Waals surface area contributed by atoms with Gasteiger partial charge in [-0.25, -0.2) is 14.8 Å². The van der Waals surface area contributed by atoms with E-state index in [2.05, 4.69) is 20.6 Å². The van der Waals surface area contributed by atoms with Crippen molar-refractivity contribution in [1.29, 1.82) is 0 Å². The topological polar surface area (TPSA) is 138 Å². The molecule has 0 bridgehead atoms. The lowest BCUT2D eigenvalue weighted by Gasteiger charge is -2.17. The summed E-state index contributed by atoms with van der Waals surface area (Å²) in [6.45, 7) is 4.29. The summed E-state index contributed by atoms with van der Waals surface area (Å²) in [5, 5.41) is 5.96. The summed E-state index contributed by atoms with van der Waals surface area (Å²) >= 11 is 0. The maximum Gasteiger partial charge on any atom is 0.328 e. The zero-order valence-corrected chi connectivity index (χ0v) is 21.9. The van der Waals surface area contributed by atoms with Crippen molar-refractivity contribution in [2.45, 2.75) is 39.3 Å². The number of carbonyl (C=O) groups excluding carboxylic acids is 3. The summed E-state index contributed by atoms with van der Waals surface area (Å²) in [6.07, 6.45) is 0.0684. The van der Waals surface area contributed by atoms with E-state index < -0.39 is 23.9 Å². The fourth-order valence-corrected chi connectivity index (χ4v) is 3.62. The van der Waals surface area contributed by atoms with Crippen molar-refractivity contribution >= 4 is 34.6 Å². The van der Waals surface area contributed by atoms with Gasteiger partial charge < -0.3 is 29.6 Å². The largest absolute Gasteiger partial charge is 0.477 e. The standard InChI is InChI=1S/C27H32N4O7/c1-5-37-23(32)14-13-21(27(34)38-6-2)29-24(33)18-8-10-19(11-9-18)28-16-17-7-12-20-22(15-17)31-26(36-4)25(30-20)35-3/h7-12,15,21,28H,5-6,13-14,16H2,1-4H3,(H,29,33)/t21-/m0/s1. The van der Waals surface area contributed by atoms with Crippen LogP contribution >= 0.6 is 0 Å². The van der Waals surface area contributed by atoms with Crippen LogP contribution in [0.25, 0.3) is 11.0 Å². The Labute approximate surface area is 220 Å². The Hall–Kier alpha value is -4.41. The third-order valence-electron chi connectivity index (χ3n) is 5.52. The number of aromatic nitrogens is 2. The van der Waals surface area contributed by atoms with Crippen molar-refractivity contribution in [3.8, 4) is 11.8 Å². The molecule has 0 saturated carbocycles. The van der Waals surface area contributed by atoms with Crippen LogP contribution in [0.2, 0.25) is 0 Å². The lowest BCUT2D eigenvalue weighted by molar-refractivity contribution is -0.146. The van der Waals surface area contributed by atoms with Gasteiger partial charge in [-0.2, -0.15) is 0 Å². The molecule has 0 spiro atoms. The molecule has 0 saturated heterocycles. The van der Waals surface area contributed by atoms with Gasteiger partial charge in [-0.1, -0.05) is 6.07 Å². The minimum absolute atomic E-state index is 0.0128. The molecule has 2 N–H and O–H groups in total. The SMILES string of the molecule is CCOC(=O)CC[C@H](NC(=O)c1ccc(NCc2ccc3nc(OC)c(OC)nc3c2)cc1)C(=O)OCC. The highest BCUT2D eigenvalue weighted by Gasteiger charge is 2.24. The molecule has 1 aromatic heterocycles. The maximum absolute atomic E-state index is 12.8. The van der Waals surface area contributed by atoms with E-state index in [0.717, 1.165) is 11.3 Å². The van der Waals surface area contributed by atoms with E-state index in [9.17, 15) is 14.4 Å². The highest BCUT2D eigenvalue weighted by atomic mass is 16.5. The van der Waals surface area contributed by atoms with Gasteiger partial charge in [0.25, 0.3) is 17.7 Å². The first-order valence-corrected chi connectivity index (χ1v) is 12.2. The van der Waals surface area contributed by atoms with Crippen molar-refractivity contribution in [1.82, 2.24) is 15.3 Å². The van der Waals surface area contributed by atoms with Crippen LogP contribution < -0.4 is 20.1 Å². The van der Waals surface area contributed by atoms with Gasteiger partial charge in [0.15, 0.2) is 0 Å². The molecule has 11 heteroatoms. The number of hydrogen-bond acceptors (Lipinski definition) is 10. The normalized spacial score (nSPS) is 11.4. The first-order chi connectivity index (χ1) is 18.4. The van der Waals surface area contributed by atoms with Gasteiger partial charge in [0.1, 0.15) is 6.04 Å². The van der Waals surface area contributed by atoms with Crippen LogP contribution in [0.5, 0.6) is 11.8 Å². The third-order valence-corrected chi connectivity index (χ3v) is 5.52. The molecule has 1 atom stereocenters. The number of ether oxygens (including phenoxy) is 4. The number of nitrogens with zero attached hydrogens (tertiary/aromatic N) is 2. The summed E-state index contributed by atoms with van der Waals surface area (Å²) in [6, 6.07) is 11.6. The quantitative estimate of drug-likeness (QED) is 0.320. The molecule has 202 valence electrons. The predicted octanol–water partition coefficient (Wildman–Crippen LogP) is 3.26. The van der Waals surface area contributed by atoms with Crippen LogP contribution in [0.4, 0.5) is 5.69 Å². The zero-order valence-electron chi connectivity index (χ0n) is 21.9. The lowest BCUT2D eigenvalue weighted by Crippen LogP contribution is -2.42. The number of carbonyl (C=O) groups is 3. The first kappa shape index (κ1) is 28.2. The number of nitrogens with one attached hydrogen (secondary N) is 2. The molecule has 3 aromatic rings. The maximum atomic E-state index is 12.8. The number of esters is 2. The van der Waals surface area contributed by atoms with Crippen LogP contribution in [-0.2, 0) is 25.6 Å². The second-order valence-electron chi connectivity index (χ2n) is 8.12. The average molecular weight is 525 g/mol. The summed E-state index contributed by atoms with van der Waals surface area (Å²) in [7, 11) is 3.02. The van der Waals surface area contributed by atoms with Gasteiger partial charge in [-0.3, -0.25) is 9.59 Å². The van der Waals surface area contributed by atoms with Gasteiger partial charge in [0, 0.05) is 24.2 Å². The molecular formula is C27H32N4O7. The molecule has 1 amide bonds. The van der Waals surface area contributed by atoms with Gasteiger partial charge in [-0.05, 0) is 62.2 Å². The van der Waals surface area contributed by atoms with E-state index in [-0.39, 0.29) is 26.1 Å². The first-order valence-electron chi connectivity index (χ1n) is 12.2. The van der Waals surface area contributed by atoms with Crippen molar-refractivity contribution in [3.63, 3.8) is 0 Å². The number of rotatable bonds is 13. The van der Waals surface area contributed by atoms with E-state index in [1.807, 2.05) is 18.2 Å². The third kappa shape index (κ3) is 7.55. The van der Waals surface area contributed by atoms with Crippen LogP contribution in [0.1, 0.15) is 42.6 Å². The van der Waals surface area contributed by atoms with Crippen molar-refractivity contribution < 1.29 is 33.3 Å². The molecule has 0 aliphatic carbocycles. The average Bonchev–Trinajstić information content (AvgIpc) is 2.93. The molecule has 0 aliphatic heterocycles. The van der Waals surface area contributed by atoms with Gasteiger partial charge in [0.2, 0.25) is 0 Å². The molecular weight excluding hydrogens is 492 g/mol. The number of anilines is 1. The molecule has 0 radical (unpaired) electrons. The van der Waals surface area contributed by atoms with Crippen molar-refractivity contribution in [2.75, 3.05) is 32.8 Å². The van der Waals surface area contributed by atoms with Crippen molar-refractivity contribution in [2.24, 2.45) is 0 Å². The highest BCUT2D eigenvalue weighted by molar-refractivity contribution is 5.97. The second kappa shape index (κ2) is 13.8. The molecule has 38 heavy (non-hydrogen) atoms. The van der Waals surface area contributed by atoms with Gasteiger partial charge >= 0.3 is 11.9 Å². The molecule has 1 heterocycles. The van der Waals surface area contributed by atoms with Crippen LogP contribution in [0.15, 0.2) is 42.5 Å². The number of hydrogen-bond donors (Lipinski definition) is 2. The molecule has 0 unspecified atom stereocenters. The number of benzene rings is 2. The lowest BCUT2D eigenvalue weighted by atomic mass is 10.1. The monoisotopic (exact) mass is 524 g/mol. The summed E-state index contributed by atoms with van der Waals surface area (Å²) in [4.78, 5) is 45.6. The molecule has 0 aliphatic rings. The smallest absolute Gasteiger partial charge is 0.328 e. The van der Waals surface area contributed by atoms with E-state index in [1.54, 1.807) is 38.1 Å². The van der Waals surface area contributed by atoms with E-state index in [0.29, 0.717) is 34.9 Å². The Kier molecular flexibility index (Phi) is 10.2. The Morgan fingerprint density at radius 1 is 0.868 bits per heavy atom. The van der Waals surface area contributed by atoms with E-state index in [4.69, 9.17) is 18.9 Å². The van der Waals surface area contributed by atoms with E-state index in [1.165, 1.54) is 14.2 Å². The summed E-state index contributed by atoms with van der Waals surface area (Å²) < 4.78 is 20.4. The zero-order chi connectivity index (χ0) is 27.5. The number of fused-ring (bicyclic) bond motifs is 1. The summed E-state index contributed by atoms with van der Waals surface area (Å²) in [5.41, 5.74) is 3.49. The number of amides is 1. The Morgan fingerprint density at radius 2 is 1.53 bits per heavy atom. The van der Waals surface area contributed by atoms with Gasteiger partial charge in [0.05, 0.1) is 38.5 Å². The Bertz CT molecular complexity index is 1260. The minimum Gasteiger partial charge on any atom is -0.477 e. The molecule has 0 fully saturated rings. The fraction of sp³-hybridized carbons (Fsp3) is 0.370. The van der Waals surface area contributed by atoms with E-state index >= 15 is 0 Å². The highest BCUT2D eigenvalue weighted by Crippen LogP contribution is 2.25. The van der Waals surface area contributed by atoms with Gasteiger partial charge in [-0.15, -0.1) is 0 Å². The van der Waals surface area contributed by atoms with Crippen molar-refractivity contribution in [3.05, 3.63) is 53.6 Å². The van der Waals surface area contributed by atoms with Crippen LogP contribution in [0.3, 0.4) is 0 Å². The molecule has 2 aromatic carbocycles. The van der Waals surface area contributed by atoms with Crippen LogP contribution in [-0.4, -0.2) is 61.3 Å². The predicted molar refractivity (Wildman–Crippen MR) is 140 cm³/mol. The fourth-order valence-electron chi connectivity index (χ4n) is 3.62. The molecule has 11 nitrogen and oxygen atoms in total. The molecule has 3 rings (SSSR count). The van der Waals surface area contributed by atoms with Crippen LogP contribution in [0, 0.1) is 0 Å².